The van der Waals surface area contributed by atoms with Gasteiger partial charge in [-0.1, -0.05) is 25.6 Å². The summed E-state index contributed by atoms with van der Waals surface area (Å²) < 4.78 is 2.22. The molecule has 4 aromatic rings. The van der Waals surface area contributed by atoms with E-state index in [4.69, 9.17) is 4.98 Å². The topological polar surface area (TPSA) is 84.2 Å². The number of pyridine rings is 2. The second kappa shape index (κ2) is 10.6. The molecule has 188 valence electrons. The van der Waals surface area contributed by atoms with Crippen LogP contribution in [0, 0.1) is 28.6 Å². The van der Waals surface area contributed by atoms with Crippen molar-refractivity contribution in [2.75, 3.05) is 31.1 Å². The maximum atomic E-state index is 10.2. The third-order valence-corrected chi connectivity index (χ3v) is 7.74. The summed E-state index contributed by atoms with van der Waals surface area (Å²) in [4.78, 5) is 14.1. The molecule has 1 fully saturated rings. The van der Waals surface area contributed by atoms with E-state index in [1.165, 1.54) is 16.9 Å². The number of benzene rings is 1. The molecule has 5 heterocycles. The summed E-state index contributed by atoms with van der Waals surface area (Å²) in [7, 11) is 0. The zero-order chi connectivity index (χ0) is 24.5. The minimum Gasteiger partial charge on any atom is -0.357 e. The number of rotatable bonds is 5. The zero-order valence-corrected chi connectivity index (χ0v) is 20.4. The molecule has 1 saturated heterocycles. The Hall–Kier alpha value is -3.94. The van der Waals surface area contributed by atoms with E-state index in [2.05, 4.69) is 43.5 Å². The van der Waals surface area contributed by atoms with Crippen molar-refractivity contribution < 1.29 is 0 Å². The molecule has 0 N–H and O–H groups in total. The van der Waals surface area contributed by atoms with Gasteiger partial charge in [0.15, 0.2) is 5.65 Å². The van der Waals surface area contributed by atoms with Crippen LogP contribution in [0.15, 0.2) is 48.8 Å². The number of para-hydroxylation sites is 2. The average Bonchev–Trinajstić information content (AvgIpc) is 3.31. The summed E-state index contributed by atoms with van der Waals surface area (Å²) in [6.07, 6.45) is 8.45. The minimum absolute atomic E-state index is 0. The van der Waals surface area contributed by atoms with Crippen LogP contribution in [-0.2, 0) is 19.4 Å². The number of piperidine rings is 1. The Morgan fingerprint density at radius 2 is 1.84 bits per heavy atom. The van der Waals surface area contributed by atoms with Crippen LogP contribution in [0.4, 0.5) is 5.82 Å². The highest BCUT2D eigenvalue weighted by atomic mass is 15.3. The van der Waals surface area contributed by atoms with Crippen molar-refractivity contribution >= 4 is 22.5 Å². The maximum Gasteiger partial charge on any atom is 0.157 e. The molecule has 7 heteroatoms. The van der Waals surface area contributed by atoms with Crippen molar-refractivity contribution in [3.63, 3.8) is 0 Å². The van der Waals surface area contributed by atoms with Crippen LogP contribution < -0.4 is 4.90 Å². The number of nitrogens with zero attached hydrogens (tertiary/aromatic N) is 7. The summed E-state index contributed by atoms with van der Waals surface area (Å²) >= 11 is 0. The predicted molar refractivity (Wildman–Crippen MR) is 146 cm³/mol. The highest BCUT2D eigenvalue weighted by Gasteiger charge is 2.31. The molecule has 3 aromatic heterocycles. The Morgan fingerprint density at radius 1 is 1.00 bits per heavy atom. The van der Waals surface area contributed by atoms with Crippen LogP contribution in [-0.4, -0.2) is 45.4 Å². The van der Waals surface area contributed by atoms with Gasteiger partial charge < -0.3 is 4.90 Å². The van der Waals surface area contributed by atoms with Gasteiger partial charge in [-0.2, -0.15) is 10.5 Å². The molecule has 37 heavy (non-hydrogen) atoms. The SMILES string of the molecule is C.N#Cc1c2c(c(N3CCC(C#N)CC3)n3c1nc1ccccc13)CN(CCCc1cccnc1)CC2. The fourth-order valence-corrected chi connectivity index (χ4v) is 5.89. The van der Waals surface area contributed by atoms with Gasteiger partial charge in [0.2, 0.25) is 0 Å². The van der Waals surface area contributed by atoms with Crippen molar-refractivity contribution in [3.8, 4) is 12.1 Å². The van der Waals surface area contributed by atoms with E-state index < -0.39 is 0 Å². The van der Waals surface area contributed by atoms with E-state index in [1.54, 1.807) is 0 Å². The van der Waals surface area contributed by atoms with Gasteiger partial charge in [0, 0.05) is 50.1 Å². The minimum atomic E-state index is 0. The molecule has 1 aromatic carbocycles. The Labute approximate surface area is 218 Å². The second-order valence-corrected chi connectivity index (χ2v) is 9.91. The molecule has 0 bridgehead atoms. The van der Waals surface area contributed by atoms with Crippen LogP contribution in [0.25, 0.3) is 16.7 Å². The van der Waals surface area contributed by atoms with Gasteiger partial charge >= 0.3 is 0 Å². The predicted octanol–water partition coefficient (Wildman–Crippen LogP) is 5.12. The quantitative estimate of drug-likeness (QED) is 0.385. The standard InChI is InChI=1S/C29H29N7.CH4/c30-17-21-9-15-35(16-10-21)29-25-20-34(13-4-6-22-5-3-12-32-19-22)14-11-23(25)24(18-31)28-33-26-7-1-2-8-27(26)36(28)29;/h1-3,5,7-8,12,19,21H,4,6,9-11,13-16,20H2;1H4. The average molecular weight is 492 g/mol. The van der Waals surface area contributed by atoms with Gasteiger partial charge in [-0.05, 0) is 68.0 Å². The van der Waals surface area contributed by atoms with E-state index >= 15 is 0 Å². The lowest BCUT2D eigenvalue weighted by molar-refractivity contribution is 0.250. The molecule has 2 aliphatic heterocycles. The first-order valence-electron chi connectivity index (χ1n) is 12.9. The first-order valence-corrected chi connectivity index (χ1v) is 12.9. The fraction of sp³-hybridized carbons (Fsp3) is 0.400. The smallest absolute Gasteiger partial charge is 0.157 e. The molecule has 7 nitrogen and oxygen atoms in total. The monoisotopic (exact) mass is 491 g/mol. The first-order chi connectivity index (χ1) is 17.8. The van der Waals surface area contributed by atoms with Gasteiger partial charge in [0.05, 0.1) is 22.7 Å². The van der Waals surface area contributed by atoms with Crippen molar-refractivity contribution in [2.45, 2.75) is 46.1 Å². The first kappa shape index (κ1) is 24.7. The van der Waals surface area contributed by atoms with Crippen molar-refractivity contribution in [3.05, 3.63) is 71.0 Å². The van der Waals surface area contributed by atoms with E-state index in [0.29, 0.717) is 5.56 Å². The second-order valence-electron chi connectivity index (χ2n) is 9.91. The van der Waals surface area contributed by atoms with Crippen LogP contribution in [0.1, 0.15) is 48.9 Å². The summed E-state index contributed by atoms with van der Waals surface area (Å²) in [5.41, 5.74) is 7.11. The lowest BCUT2D eigenvalue weighted by atomic mass is 9.93. The third-order valence-electron chi connectivity index (χ3n) is 7.74. The summed E-state index contributed by atoms with van der Waals surface area (Å²) in [5.74, 6) is 1.29. The fourth-order valence-electron chi connectivity index (χ4n) is 5.89. The maximum absolute atomic E-state index is 10.2. The number of aromatic nitrogens is 3. The molecule has 0 aliphatic carbocycles. The van der Waals surface area contributed by atoms with Crippen LogP contribution >= 0.6 is 0 Å². The van der Waals surface area contributed by atoms with E-state index in [9.17, 15) is 10.5 Å². The number of fused-ring (bicyclic) bond motifs is 4. The zero-order valence-electron chi connectivity index (χ0n) is 20.4. The van der Waals surface area contributed by atoms with Crippen molar-refractivity contribution in [1.29, 1.82) is 10.5 Å². The molecule has 6 rings (SSSR count). The normalized spacial score (nSPS) is 16.2. The Bertz CT molecular complexity index is 1480. The lowest BCUT2D eigenvalue weighted by Crippen LogP contribution is -2.38. The highest BCUT2D eigenvalue weighted by molar-refractivity contribution is 5.86. The number of aryl methyl sites for hydroxylation is 1. The molecular weight excluding hydrogens is 458 g/mol. The highest BCUT2D eigenvalue weighted by Crippen LogP contribution is 2.38. The molecule has 0 atom stereocenters. The third kappa shape index (κ3) is 4.52. The van der Waals surface area contributed by atoms with Crippen LogP contribution in [0.2, 0.25) is 0 Å². The van der Waals surface area contributed by atoms with E-state index in [0.717, 1.165) is 87.1 Å². The molecule has 0 spiro atoms. The van der Waals surface area contributed by atoms with Crippen molar-refractivity contribution in [2.24, 2.45) is 5.92 Å². The largest absolute Gasteiger partial charge is 0.357 e. The number of anilines is 1. The number of hydrogen-bond acceptors (Lipinski definition) is 6. The van der Waals surface area contributed by atoms with Gasteiger partial charge in [-0.25, -0.2) is 4.98 Å². The molecule has 0 saturated carbocycles. The molecular formula is C30H33N7. The lowest BCUT2D eigenvalue weighted by Gasteiger charge is -2.37. The number of hydrogen-bond donors (Lipinski definition) is 0. The van der Waals surface area contributed by atoms with Gasteiger partial charge in [-0.15, -0.1) is 0 Å². The number of imidazole rings is 1. The van der Waals surface area contributed by atoms with Gasteiger partial charge in [0.1, 0.15) is 11.9 Å². The Kier molecular flexibility index (Phi) is 7.08. The number of nitriles is 2. The Morgan fingerprint density at radius 3 is 2.59 bits per heavy atom. The molecule has 0 amide bonds. The van der Waals surface area contributed by atoms with E-state index in [1.807, 2.05) is 36.7 Å². The Balaban J connectivity index is 0.00000280. The molecule has 2 aliphatic rings. The summed E-state index contributed by atoms with van der Waals surface area (Å²) in [5, 5.41) is 19.7. The van der Waals surface area contributed by atoms with Gasteiger partial charge in [0.25, 0.3) is 0 Å². The van der Waals surface area contributed by atoms with Crippen molar-refractivity contribution in [1.82, 2.24) is 19.3 Å². The molecule has 0 radical (unpaired) electrons. The summed E-state index contributed by atoms with van der Waals surface area (Å²) in [6, 6.07) is 17.3. The van der Waals surface area contributed by atoms with Crippen LogP contribution in [0.5, 0.6) is 0 Å². The van der Waals surface area contributed by atoms with Gasteiger partial charge in [-0.3, -0.25) is 14.3 Å². The summed E-state index contributed by atoms with van der Waals surface area (Å²) in [6.45, 7) is 4.47. The van der Waals surface area contributed by atoms with Crippen LogP contribution in [0.3, 0.4) is 0 Å². The molecule has 0 unspecified atom stereocenters. The van der Waals surface area contributed by atoms with E-state index in [-0.39, 0.29) is 13.3 Å².